The topological polar surface area (TPSA) is 40.2 Å². The van der Waals surface area contributed by atoms with Gasteiger partial charge in [0.2, 0.25) is 0 Å². The Morgan fingerprint density at radius 2 is 1.71 bits per heavy atom. The third-order valence-electron chi connectivity index (χ3n) is 5.09. The predicted molar refractivity (Wildman–Crippen MR) is 106 cm³/mol. The maximum Gasteiger partial charge on any atom is 0.163 e. The van der Waals surface area contributed by atoms with E-state index in [0.717, 1.165) is 16.9 Å². The molecule has 0 spiro atoms. The molecule has 2 unspecified atom stereocenters. The lowest BCUT2D eigenvalue weighted by Crippen LogP contribution is -2.49. The molecule has 0 saturated carbocycles. The molecule has 28 heavy (non-hydrogen) atoms. The van der Waals surface area contributed by atoms with Gasteiger partial charge in [0.15, 0.2) is 5.79 Å². The van der Waals surface area contributed by atoms with Crippen LogP contribution in [0.1, 0.15) is 31.1 Å². The molecule has 5 heteroatoms. The van der Waals surface area contributed by atoms with E-state index in [0.29, 0.717) is 13.2 Å². The monoisotopic (exact) mass is 381 g/mol. The fourth-order valence-electron chi connectivity index (χ4n) is 3.76. The van der Waals surface area contributed by atoms with E-state index in [1.54, 1.807) is 7.11 Å². The highest BCUT2D eigenvalue weighted by Crippen LogP contribution is 2.37. The number of ether oxygens (including phenoxy) is 3. The number of hydrogen-bond donors (Lipinski definition) is 0. The van der Waals surface area contributed by atoms with Crippen LogP contribution >= 0.6 is 0 Å². The first-order chi connectivity index (χ1) is 13.6. The summed E-state index contributed by atoms with van der Waals surface area (Å²) < 4.78 is 17.8. The van der Waals surface area contributed by atoms with E-state index < -0.39 is 5.79 Å². The van der Waals surface area contributed by atoms with Gasteiger partial charge in [0.1, 0.15) is 24.0 Å². The lowest BCUT2D eigenvalue weighted by Gasteiger charge is -2.40. The second-order valence-electron chi connectivity index (χ2n) is 7.58. The average Bonchev–Trinajstić information content (AvgIpc) is 3.08. The summed E-state index contributed by atoms with van der Waals surface area (Å²) in [6.45, 7) is 4.97. The minimum atomic E-state index is -0.613. The number of hydrogen-bond acceptors (Lipinski definition) is 5. The van der Waals surface area contributed by atoms with E-state index in [-0.39, 0.29) is 18.2 Å². The third-order valence-corrected chi connectivity index (χ3v) is 5.09. The summed E-state index contributed by atoms with van der Waals surface area (Å²) in [7, 11) is 1.70. The van der Waals surface area contributed by atoms with E-state index in [9.17, 15) is 0 Å². The molecule has 1 fully saturated rings. The molecule has 0 amide bonds. The molecule has 2 aliphatic heterocycles. The van der Waals surface area contributed by atoms with E-state index in [4.69, 9.17) is 19.0 Å². The van der Waals surface area contributed by atoms with Crippen molar-refractivity contribution in [1.29, 1.82) is 0 Å². The van der Waals surface area contributed by atoms with Gasteiger partial charge in [0, 0.05) is 0 Å². The molecule has 0 radical (unpaired) electrons. The largest absolute Gasteiger partial charge is 0.499 e. The molecule has 2 aromatic carbocycles. The summed E-state index contributed by atoms with van der Waals surface area (Å²) in [5.41, 5.74) is 2.24. The van der Waals surface area contributed by atoms with Gasteiger partial charge in [-0.15, -0.1) is 0 Å². The summed E-state index contributed by atoms with van der Waals surface area (Å²) >= 11 is 0. The van der Waals surface area contributed by atoms with Crippen LogP contribution in [0.3, 0.4) is 0 Å². The number of methoxy groups -OCH3 is 1. The molecule has 2 aliphatic rings. The molecule has 0 aromatic heterocycles. The summed E-state index contributed by atoms with van der Waals surface area (Å²) in [6.07, 6.45) is 1.64. The van der Waals surface area contributed by atoms with Crippen LogP contribution < -0.4 is 0 Å². The molecule has 2 aromatic rings. The highest BCUT2D eigenvalue weighted by atomic mass is 16.8. The lowest BCUT2D eigenvalue weighted by atomic mass is 10.0. The zero-order valence-electron chi connectivity index (χ0n) is 16.6. The van der Waals surface area contributed by atoms with Gasteiger partial charge < -0.3 is 14.2 Å². The van der Waals surface area contributed by atoms with Gasteiger partial charge in [0.05, 0.1) is 20.3 Å². The summed E-state index contributed by atoms with van der Waals surface area (Å²) in [4.78, 5) is 6.44. The van der Waals surface area contributed by atoms with Crippen molar-refractivity contribution >= 4 is 0 Å². The summed E-state index contributed by atoms with van der Waals surface area (Å²) in [5.74, 6) is 0.223. The van der Waals surface area contributed by atoms with Gasteiger partial charge in [-0.05, 0) is 31.1 Å². The zero-order chi connectivity index (χ0) is 19.6. The first kappa shape index (κ1) is 19.2. The Morgan fingerprint density at radius 3 is 2.32 bits per heavy atom. The van der Waals surface area contributed by atoms with Crippen molar-refractivity contribution in [3.05, 3.63) is 83.6 Å². The Balaban J connectivity index is 1.67. The van der Waals surface area contributed by atoms with Crippen molar-refractivity contribution in [1.82, 2.24) is 5.06 Å². The van der Waals surface area contributed by atoms with Crippen molar-refractivity contribution in [3.63, 3.8) is 0 Å². The fourth-order valence-corrected chi connectivity index (χ4v) is 3.76. The first-order valence-corrected chi connectivity index (χ1v) is 9.65. The fraction of sp³-hybridized carbons (Fsp3) is 0.391. The molecule has 4 rings (SSSR count). The van der Waals surface area contributed by atoms with Crippen LogP contribution in [0.25, 0.3) is 0 Å². The number of hydroxylamine groups is 2. The molecule has 5 nitrogen and oxygen atoms in total. The smallest absolute Gasteiger partial charge is 0.163 e. The van der Waals surface area contributed by atoms with Crippen molar-refractivity contribution in [2.75, 3.05) is 13.7 Å². The van der Waals surface area contributed by atoms with Crippen LogP contribution in [0.4, 0.5) is 0 Å². The van der Waals surface area contributed by atoms with Gasteiger partial charge >= 0.3 is 0 Å². The summed E-state index contributed by atoms with van der Waals surface area (Å²) in [5, 5.41) is 1.97. The van der Waals surface area contributed by atoms with Gasteiger partial charge in [-0.25, -0.2) is 0 Å². The van der Waals surface area contributed by atoms with Gasteiger partial charge in [0.25, 0.3) is 0 Å². The van der Waals surface area contributed by atoms with Crippen molar-refractivity contribution in [2.45, 2.75) is 44.4 Å². The Bertz CT molecular complexity index is 806. The van der Waals surface area contributed by atoms with E-state index in [2.05, 4.69) is 24.3 Å². The number of rotatable bonds is 5. The van der Waals surface area contributed by atoms with Gasteiger partial charge in [-0.3, -0.25) is 4.84 Å². The minimum Gasteiger partial charge on any atom is -0.499 e. The van der Waals surface area contributed by atoms with Crippen molar-refractivity contribution in [2.24, 2.45) is 0 Å². The second kappa shape index (κ2) is 8.05. The average molecular weight is 381 g/mol. The Hall–Kier alpha value is -2.18. The molecule has 148 valence electrons. The number of benzene rings is 2. The summed E-state index contributed by atoms with van der Waals surface area (Å²) in [6, 6.07) is 20.3. The second-order valence-corrected chi connectivity index (χ2v) is 7.58. The Morgan fingerprint density at radius 1 is 1.04 bits per heavy atom. The quantitative estimate of drug-likeness (QED) is 0.775. The van der Waals surface area contributed by atoms with E-state index >= 15 is 0 Å². The van der Waals surface area contributed by atoms with Crippen molar-refractivity contribution < 1.29 is 19.0 Å². The Labute approximate surface area is 166 Å². The zero-order valence-corrected chi connectivity index (χ0v) is 16.6. The highest BCUT2D eigenvalue weighted by molar-refractivity contribution is 5.25. The van der Waals surface area contributed by atoms with Gasteiger partial charge in [-0.1, -0.05) is 60.7 Å². The van der Waals surface area contributed by atoms with Gasteiger partial charge in [-0.2, -0.15) is 5.06 Å². The lowest BCUT2D eigenvalue weighted by molar-refractivity contribution is -0.250. The van der Waals surface area contributed by atoms with Crippen LogP contribution in [0.2, 0.25) is 0 Å². The molecular weight excluding hydrogens is 354 g/mol. The molecule has 1 saturated heterocycles. The minimum absolute atomic E-state index is 0.179. The SMILES string of the molecule is COC1=CC(c2ccccc2)ON(Cc2ccccc2)C1[C@H]1COC(C)(C)O1. The molecule has 0 N–H and O–H groups in total. The molecule has 3 atom stereocenters. The standard InChI is InChI=1S/C23H27NO4/c1-23(2)26-16-21(27-23)22-20(25-3)14-19(18-12-8-5-9-13-18)28-24(22)15-17-10-6-4-7-11-17/h4-14,19,21-22H,15-16H2,1-3H3/t19?,21-,22?/m1/s1. The van der Waals surface area contributed by atoms with E-state index in [1.165, 1.54) is 0 Å². The van der Waals surface area contributed by atoms with Crippen LogP contribution in [-0.4, -0.2) is 36.7 Å². The maximum atomic E-state index is 6.44. The molecule has 0 bridgehead atoms. The molecule has 2 heterocycles. The van der Waals surface area contributed by atoms with Crippen LogP contribution in [0, 0.1) is 0 Å². The van der Waals surface area contributed by atoms with E-state index in [1.807, 2.05) is 61.4 Å². The first-order valence-electron chi connectivity index (χ1n) is 9.65. The van der Waals surface area contributed by atoms with Crippen molar-refractivity contribution in [3.8, 4) is 0 Å². The predicted octanol–water partition coefficient (Wildman–Crippen LogP) is 4.23. The van der Waals surface area contributed by atoms with Crippen LogP contribution in [0.5, 0.6) is 0 Å². The Kier molecular flexibility index (Phi) is 5.51. The maximum absolute atomic E-state index is 6.44. The van der Waals surface area contributed by atoms with Crippen LogP contribution in [-0.2, 0) is 25.6 Å². The normalized spacial score (nSPS) is 27.4. The molecule has 0 aliphatic carbocycles. The van der Waals surface area contributed by atoms with Crippen LogP contribution in [0.15, 0.2) is 72.5 Å². The third kappa shape index (κ3) is 4.13. The number of nitrogens with zero attached hydrogens (tertiary/aromatic N) is 1. The highest BCUT2D eigenvalue weighted by Gasteiger charge is 2.45. The molecular formula is C23H27NO4.